The number of nitrogens with one attached hydrogen (secondary N) is 1. The Hall–Kier alpha value is -2.99. The van der Waals surface area contributed by atoms with Gasteiger partial charge in [-0.15, -0.1) is 0 Å². The summed E-state index contributed by atoms with van der Waals surface area (Å²) in [5.41, 5.74) is -0.0471. The maximum atomic E-state index is 12.5. The van der Waals surface area contributed by atoms with Crippen molar-refractivity contribution in [3.8, 4) is 5.75 Å². The maximum Gasteiger partial charge on any atom is 0.260 e. The van der Waals surface area contributed by atoms with Gasteiger partial charge >= 0.3 is 0 Å². The third kappa shape index (κ3) is 2.11. The maximum absolute atomic E-state index is 12.5. The molecule has 2 aliphatic rings. The molecule has 4 rings (SSSR count). The second-order valence-corrected chi connectivity index (χ2v) is 5.44. The summed E-state index contributed by atoms with van der Waals surface area (Å²) >= 11 is 0. The topological polar surface area (TPSA) is 96.0 Å². The van der Waals surface area contributed by atoms with Gasteiger partial charge in [-0.2, -0.15) is 0 Å². The second kappa shape index (κ2) is 4.76. The van der Waals surface area contributed by atoms with Crippen molar-refractivity contribution in [2.45, 2.75) is 12.2 Å². The van der Waals surface area contributed by atoms with E-state index in [1.807, 2.05) is 12.1 Å². The molecule has 0 bridgehead atoms. The fourth-order valence-corrected chi connectivity index (χ4v) is 2.76. The van der Waals surface area contributed by atoms with Gasteiger partial charge in [0.15, 0.2) is 18.0 Å². The van der Waals surface area contributed by atoms with Gasteiger partial charge in [-0.3, -0.25) is 14.4 Å². The number of benzene rings is 2. The molecule has 6 heteroatoms. The van der Waals surface area contributed by atoms with Crippen LogP contribution in [-0.2, 0) is 14.3 Å². The number of fused-ring (bicyclic) bond motifs is 2. The minimum absolute atomic E-state index is 0.0584. The van der Waals surface area contributed by atoms with Crippen molar-refractivity contribution in [3.05, 3.63) is 53.7 Å². The number of phenolic OH excluding ortho intramolecular Hbond substituents is 1. The molecule has 2 N–H and O–H groups in total. The standard InChI is InChI=1S/C17H11NO5/c19-11-6-5-8-3-1-2-4-9(8)13(11)17(22)18-10-7-12(20)15-16(23-15)14(10)21/h1-7,15-16,19H,(H,18,22). The van der Waals surface area contributed by atoms with E-state index in [2.05, 4.69) is 5.32 Å². The van der Waals surface area contributed by atoms with Crippen molar-refractivity contribution in [2.75, 3.05) is 0 Å². The summed E-state index contributed by atoms with van der Waals surface area (Å²) in [6.07, 6.45) is -0.408. The molecule has 2 atom stereocenters. The lowest BCUT2D eigenvalue weighted by molar-refractivity contribution is -0.119. The van der Waals surface area contributed by atoms with Crippen LogP contribution in [0.1, 0.15) is 10.4 Å². The molecule has 1 amide bonds. The first-order chi connectivity index (χ1) is 11.1. The van der Waals surface area contributed by atoms with Crippen molar-refractivity contribution in [1.29, 1.82) is 0 Å². The smallest absolute Gasteiger partial charge is 0.260 e. The van der Waals surface area contributed by atoms with E-state index in [1.54, 1.807) is 18.2 Å². The van der Waals surface area contributed by atoms with Crippen molar-refractivity contribution in [1.82, 2.24) is 5.32 Å². The first-order valence-corrected chi connectivity index (χ1v) is 7.03. The summed E-state index contributed by atoms with van der Waals surface area (Å²) in [4.78, 5) is 36.1. The molecule has 1 heterocycles. The van der Waals surface area contributed by atoms with E-state index in [0.29, 0.717) is 5.39 Å². The van der Waals surface area contributed by atoms with E-state index < -0.39 is 23.9 Å². The predicted molar refractivity (Wildman–Crippen MR) is 79.8 cm³/mol. The number of carbonyl (C=O) groups excluding carboxylic acids is 3. The first-order valence-electron chi connectivity index (χ1n) is 7.03. The Morgan fingerprint density at radius 1 is 1.09 bits per heavy atom. The fraction of sp³-hybridized carbons (Fsp3) is 0.118. The van der Waals surface area contributed by atoms with Crippen LogP contribution in [-0.4, -0.2) is 34.8 Å². The van der Waals surface area contributed by atoms with Crippen LogP contribution >= 0.6 is 0 Å². The van der Waals surface area contributed by atoms with Crippen molar-refractivity contribution in [2.24, 2.45) is 0 Å². The average Bonchev–Trinajstić information content (AvgIpc) is 3.33. The Morgan fingerprint density at radius 2 is 1.87 bits per heavy atom. The Balaban J connectivity index is 1.72. The molecular formula is C17H11NO5. The third-order valence-corrected chi connectivity index (χ3v) is 3.96. The Labute approximate surface area is 130 Å². The van der Waals surface area contributed by atoms with Crippen molar-refractivity contribution in [3.63, 3.8) is 0 Å². The van der Waals surface area contributed by atoms with Gasteiger partial charge in [-0.1, -0.05) is 30.3 Å². The van der Waals surface area contributed by atoms with Crippen molar-refractivity contribution < 1.29 is 24.2 Å². The summed E-state index contributed by atoms with van der Waals surface area (Å²) < 4.78 is 4.96. The van der Waals surface area contributed by atoms with Gasteiger partial charge in [-0.25, -0.2) is 0 Å². The van der Waals surface area contributed by atoms with Gasteiger partial charge in [0.05, 0.1) is 11.3 Å². The number of phenols is 1. The van der Waals surface area contributed by atoms with E-state index in [9.17, 15) is 19.5 Å². The molecule has 0 radical (unpaired) electrons. The predicted octanol–water partition coefficient (Wildman–Crippen LogP) is 1.08. The Morgan fingerprint density at radius 3 is 2.70 bits per heavy atom. The lowest BCUT2D eigenvalue weighted by Crippen LogP contribution is -2.34. The molecule has 1 aliphatic heterocycles. The van der Waals surface area contributed by atoms with Crippen LogP contribution in [0, 0.1) is 0 Å². The number of hydrogen-bond acceptors (Lipinski definition) is 5. The molecule has 114 valence electrons. The van der Waals surface area contributed by atoms with Gasteiger partial charge in [0, 0.05) is 6.08 Å². The Bertz CT molecular complexity index is 914. The van der Waals surface area contributed by atoms with E-state index >= 15 is 0 Å². The quantitative estimate of drug-likeness (QED) is 0.809. The van der Waals surface area contributed by atoms with Gasteiger partial charge in [0.25, 0.3) is 5.91 Å². The normalized spacial score (nSPS) is 22.5. The number of aromatic hydroxyl groups is 1. The van der Waals surface area contributed by atoms with E-state index in [0.717, 1.165) is 11.5 Å². The minimum atomic E-state index is -0.788. The summed E-state index contributed by atoms with van der Waals surface area (Å²) in [5, 5.41) is 13.8. The largest absolute Gasteiger partial charge is 0.507 e. The first kappa shape index (κ1) is 13.7. The zero-order chi connectivity index (χ0) is 16.1. The van der Waals surface area contributed by atoms with Gasteiger partial charge in [0.2, 0.25) is 5.78 Å². The van der Waals surface area contributed by atoms with Crippen LogP contribution in [0.2, 0.25) is 0 Å². The van der Waals surface area contributed by atoms with Crippen molar-refractivity contribution >= 4 is 28.2 Å². The summed E-state index contributed by atoms with van der Waals surface area (Å²) in [5.74, 6) is -1.61. The molecule has 1 fully saturated rings. The molecule has 1 aliphatic carbocycles. The molecule has 23 heavy (non-hydrogen) atoms. The highest BCUT2D eigenvalue weighted by Crippen LogP contribution is 2.31. The van der Waals surface area contributed by atoms with Crippen LogP contribution in [0.5, 0.6) is 5.75 Å². The molecule has 2 aromatic rings. The lowest BCUT2D eigenvalue weighted by atomic mass is 10.00. The molecule has 1 saturated heterocycles. The van der Waals surface area contributed by atoms with E-state index in [4.69, 9.17) is 4.74 Å². The molecule has 6 nitrogen and oxygen atoms in total. The zero-order valence-electron chi connectivity index (χ0n) is 11.8. The van der Waals surface area contributed by atoms with Crippen LogP contribution in [0.4, 0.5) is 0 Å². The number of rotatable bonds is 2. The van der Waals surface area contributed by atoms with Crippen LogP contribution in [0.3, 0.4) is 0 Å². The second-order valence-electron chi connectivity index (χ2n) is 5.44. The highest BCUT2D eigenvalue weighted by atomic mass is 16.6. The third-order valence-electron chi connectivity index (χ3n) is 3.96. The minimum Gasteiger partial charge on any atom is -0.507 e. The van der Waals surface area contributed by atoms with Gasteiger partial charge in [-0.05, 0) is 16.8 Å². The molecule has 0 spiro atoms. The number of epoxide rings is 1. The molecule has 0 saturated carbocycles. The Kier molecular flexibility index (Phi) is 2.82. The molecule has 0 aromatic heterocycles. The summed E-state index contributed by atoms with van der Waals surface area (Å²) in [7, 11) is 0. The van der Waals surface area contributed by atoms with Crippen LogP contribution in [0.25, 0.3) is 10.8 Å². The molecular weight excluding hydrogens is 298 g/mol. The number of hydrogen-bond donors (Lipinski definition) is 2. The summed E-state index contributed by atoms with van der Waals surface area (Å²) in [6, 6.07) is 10.2. The number of amides is 1. The van der Waals surface area contributed by atoms with Gasteiger partial charge in [0.1, 0.15) is 5.75 Å². The number of ether oxygens (including phenoxy) is 1. The molecule has 2 unspecified atom stereocenters. The SMILES string of the molecule is O=C(NC1=CC(=O)C2OC2C1=O)c1c(O)ccc2ccccc12. The highest BCUT2D eigenvalue weighted by molar-refractivity contribution is 6.19. The van der Waals surface area contributed by atoms with E-state index in [1.165, 1.54) is 6.07 Å². The summed E-state index contributed by atoms with van der Waals surface area (Å²) in [6.45, 7) is 0. The molecule has 2 aromatic carbocycles. The van der Waals surface area contributed by atoms with E-state index in [-0.39, 0.29) is 22.8 Å². The fourth-order valence-electron chi connectivity index (χ4n) is 2.76. The van der Waals surface area contributed by atoms with Gasteiger partial charge < -0.3 is 15.2 Å². The highest BCUT2D eigenvalue weighted by Gasteiger charge is 2.53. The average molecular weight is 309 g/mol. The monoisotopic (exact) mass is 309 g/mol. The number of Topliss-reactive ketones (excluding diaryl/α,β-unsaturated/α-hetero) is 1. The number of carbonyl (C=O) groups is 3. The van der Waals surface area contributed by atoms with Crippen LogP contribution in [0.15, 0.2) is 48.2 Å². The number of ketones is 2. The van der Waals surface area contributed by atoms with Crippen LogP contribution < -0.4 is 5.32 Å². The lowest BCUT2D eigenvalue weighted by Gasteiger charge is -2.12. The zero-order valence-corrected chi connectivity index (χ0v) is 11.8.